The van der Waals surface area contributed by atoms with Gasteiger partial charge in [-0.2, -0.15) is 0 Å². The van der Waals surface area contributed by atoms with E-state index in [2.05, 4.69) is 34.5 Å². The fourth-order valence-corrected chi connectivity index (χ4v) is 2.10. The van der Waals surface area contributed by atoms with Crippen LogP contribution in [0.15, 0.2) is 24.3 Å². The first kappa shape index (κ1) is 18.6. The number of nitrogens with one attached hydrogen (secondary N) is 4. The molecule has 122 valence electrons. The molecule has 0 aliphatic heterocycles. The van der Waals surface area contributed by atoms with Gasteiger partial charge >= 0.3 is 0 Å². The van der Waals surface area contributed by atoms with Crippen molar-refractivity contribution < 1.29 is 4.74 Å². The molecule has 0 unspecified atom stereocenters. The van der Waals surface area contributed by atoms with Gasteiger partial charge in [-0.25, -0.2) is 0 Å². The van der Waals surface area contributed by atoms with E-state index in [4.69, 9.17) is 29.2 Å². The lowest BCUT2D eigenvalue weighted by atomic mass is 10.1. The number of hydrogen-bond acceptors (Lipinski definition) is 3. The lowest BCUT2D eigenvalue weighted by Crippen LogP contribution is -2.48. The smallest absolute Gasteiger partial charge is 0.189 e. The van der Waals surface area contributed by atoms with E-state index in [0.717, 1.165) is 38.3 Å². The van der Waals surface area contributed by atoms with Gasteiger partial charge in [0.15, 0.2) is 10.2 Å². The number of rotatable bonds is 7. The molecule has 1 aromatic rings. The summed E-state index contributed by atoms with van der Waals surface area (Å²) in [7, 11) is 0. The lowest BCUT2D eigenvalue weighted by molar-refractivity contribution is 0.145. The molecule has 4 N–H and O–H groups in total. The molecular weight excluding hydrogens is 316 g/mol. The number of hydrazine groups is 1. The summed E-state index contributed by atoms with van der Waals surface area (Å²) in [4.78, 5) is 0. The van der Waals surface area contributed by atoms with Crippen LogP contribution >= 0.6 is 24.4 Å². The Labute approximate surface area is 143 Å². The van der Waals surface area contributed by atoms with Crippen molar-refractivity contribution in [2.24, 2.45) is 0 Å². The number of aryl methyl sites for hydroxylation is 1. The van der Waals surface area contributed by atoms with Gasteiger partial charge in [0.1, 0.15) is 0 Å². The summed E-state index contributed by atoms with van der Waals surface area (Å²) < 4.78 is 5.25. The van der Waals surface area contributed by atoms with Crippen molar-refractivity contribution in [1.29, 1.82) is 0 Å². The van der Waals surface area contributed by atoms with Gasteiger partial charge in [-0.05, 0) is 55.8 Å². The Bertz CT molecular complexity index is 482. The molecule has 0 heterocycles. The summed E-state index contributed by atoms with van der Waals surface area (Å²) >= 11 is 10.4. The summed E-state index contributed by atoms with van der Waals surface area (Å²) in [6, 6.07) is 8.06. The first-order valence-electron chi connectivity index (χ1n) is 7.43. The van der Waals surface area contributed by atoms with Crippen LogP contribution in [0.25, 0.3) is 0 Å². The number of ether oxygens (including phenoxy) is 1. The Balaban J connectivity index is 2.24. The minimum atomic E-state index is 0.472. The Morgan fingerprint density at radius 3 is 2.55 bits per heavy atom. The van der Waals surface area contributed by atoms with Crippen LogP contribution in [-0.4, -0.2) is 30.0 Å². The third-order valence-electron chi connectivity index (χ3n) is 2.89. The SMILES string of the molecule is CCOCCCNC(=S)NNC(=S)Nc1ccccc1CC. The molecule has 0 aromatic heterocycles. The predicted octanol–water partition coefficient (Wildman–Crippen LogP) is 2.34. The second-order valence-corrected chi connectivity index (χ2v) is 5.34. The van der Waals surface area contributed by atoms with Gasteiger partial charge in [-0.15, -0.1) is 0 Å². The number of hydrogen-bond donors (Lipinski definition) is 4. The molecule has 0 atom stereocenters. The topological polar surface area (TPSA) is 57.4 Å². The Morgan fingerprint density at radius 1 is 1.09 bits per heavy atom. The molecule has 0 bridgehead atoms. The maximum Gasteiger partial charge on any atom is 0.189 e. The van der Waals surface area contributed by atoms with Crippen LogP contribution in [0.2, 0.25) is 0 Å². The van der Waals surface area contributed by atoms with Crippen molar-refractivity contribution in [2.45, 2.75) is 26.7 Å². The first-order chi connectivity index (χ1) is 10.7. The fourth-order valence-electron chi connectivity index (χ4n) is 1.78. The van der Waals surface area contributed by atoms with Crippen LogP contribution in [-0.2, 0) is 11.2 Å². The van der Waals surface area contributed by atoms with E-state index in [0.29, 0.717) is 10.2 Å². The highest BCUT2D eigenvalue weighted by Gasteiger charge is 2.02. The fraction of sp³-hybridized carbons (Fsp3) is 0.467. The number of anilines is 1. The highest BCUT2D eigenvalue weighted by molar-refractivity contribution is 7.80. The zero-order valence-electron chi connectivity index (χ0n) is 13.1. The predicted molar refractivity (Wildman–Crippen MR) is 100 cm³/mol. The molecule has 0 saturated carbocycles. The van der Waals surface area contributed by atoms with Gasteiger partial charge in [-0.1, -0.05) is 25.1 Å². The zero-order valence-corrected chi connectivity index (χ0v) is 14.7. The Morgan fingerprint density at radius 2 is 1.82 bits per heavy atom. The van der Waals surface area contributed by atoms with Gasteiger partial charge in [0, 0.05) is 25.4 Å². The quantitative estimate of drug-likeness (QED) is 0.345. The first-order valence-corrected chi connectivity index (χ1v) is 8.25. The number of benzene rings is 1. The van der Waals surface area contributed by atoms with Crippen LogP contribution in [0.1, 0.15) is 25.8 Å². The summed E-state index contributed by atoms with van der Waals surface area (Å²) in [5, 5.41) is 7.20. The van der Waals surface area contributed by atoms with Crippen LogP contribution in [0.5, 0.6) is 0 Å². The average molecular weight is 341 g/mol. The van der Waals surface area contributed by atoms with E-state index < -0.39 is 0 Å². The Kier molecular flexibility index (Phi) is 9.45. The summed E-state index contributed by atoms with van der Waals surface area (Å²) in [6.07, 6.45) is 1.85. The molecule has 1 aromatic carbocycles. The van der Waals surface area contributed by atoms with Gasteiger partial charge < -0.3 is 15.4 Å². The zero-order chi connectivity index (χ0) is 16.2. The lowest BCUT2D eigenvalue weighted by Gasteiger charge is -2.15. The van der Waals surface area contributed by atoms with Crippen molar-refractivity contribution in [3.8, 4) is 0 Å². The highest BCUT2D eigenvalue weighted by atomic mass is 32.1. The summed E-state index contributed by atoms with van der Waals surface area (Å²) in [6.45, 7) is 6.31. The minimum absolute atomic E-state index is 0.472. The summed E-state index contributed by atoms with van der Waals surface area (Å²) in [5.41, 5.74) is 7.94. The van der Waals surface area contributed by atoms with Crippen LogP contribution < -0.4 is 21.5 Å². The monoisotopic (exact) mass is 340 g/mol. The Hall–Kier alpha value is -1.44. The highest BCUT2D eigenvalue weighted by Crippen LogP contribution is 2.14. The minimum Gasteiger partial charge on any atom is -0.382 e. The van der Waals surface area contributed by atoms with E-state index in [-0.39, 0.29) is 0 Å². The normalized spacial score (nSPS) is 9.91. The molecule has 0 aliphatic rings. The van der Waals surface area contributed by atoms with E-state index in [1.807, 2.05) is 25.1 Å². The molecule has 0 aliphatic carbocycles. The second-order valence-electron chi connectivity index (χ2n) is 4.52. The number of thiocarbonyl (C=S) groups is 2. The molecule has 22 heavy (non-hydrogen) atoms. The molecule has 0 radical (unpaired) electrons. The summed E-state index contributed by atoms with van der Waals surface area (Å²) in [5.74, 6) is 0. The van der Waals surface area contributed by atoms with Crippen molar-refractivity contribution in [3.05, 3.63) is 29.8 Å². The molecule has 7 heteroatoms. The van der Waals surface area contributed by atoms with E-state index >= 15 is 0 Å². The standard InChI is InChI=1S/C15H24N4OS2/c1-3-12-8-5-6-9-13(12)17-15(22)19-18-14(21)16-10-7-11-20-4-2/h5-6,8-9H,3-4,7,10-11H2,1-2H3,(H2,16,18,21)(H2,17,19,22). The molecule has 0 amide bonds. The van der Waals surface area contributed by atoms with Gasteiger partial charge in [0.2, 0.25) is 0 Å². The van der Waals surface area contributed by atoms with Gasteiger partial charge in [0.25, 0.3) is 0 Å². The molecule has 0 spiro atoms. The molecule has 0 fully saturated rings. The van der Waals surface area contributed by atoms with E-state index in [1.165, 1.54) is 5.56 Å². The van der Waals surface area contributed by atoms with E-state index in [1.54, 1.807) is 0 Å². The van der Waals surface area contributed by atoms with E-state index in [9.17, 15) is 0 Å². The second kappa shape index (κ2) is 11.2. The maximum absolute atomic E-state index is 5.25. The third-order valence-corrected chi connectivity index (χ3v) is 3.34. The van der Waals surface area contributed by atoms with Crippen molar-refractivity contribution in [3.63, 3.8) is 0 Å². The molecule has 1 rings (SSSR count). The molecule has 5 nitrogen and oxygen atoms in total. The maximum atomic E-state index is 5.25. The third kappa shape index (κ3) is 7.53. The number of para-hydroxylation sites is 1. The van der Waals surface area contributed by atoms with Crippen LogP contribution in [0, 0.1) is 0 Å². The van der Waals surface area contributed by atoms with Gasteiger partial charge in [0.05, 0.1) is 0 Å². The van der Waals surface area contributed by atoms with Gasteiger partial charge in [-0.3, -0.25) is 10.9 Å². The van der Waals surface area contributed by atoms with Crippen molar-refractivity contribution in [2.75, 3.05) is 25.1 Å². The average Bonchev–Trinajstić information content (AvgIpc) is 2.53. The molecular formula is C15H24N4OS2. The van der Waals surface area contributed by atoms with Crippen molar-refractivity contribution >= 4 is 40.3 Å². The molecule has 0 saturated heterocycles. The van der Waals surface area contributed by atoms with Crippen LogP contribution in [0.3, 0.4) is 0 Å². The van der Waals surface area contributed by atoms with Crippen molar-refractivity contribution in [1.82, 2.24) is 16.2 Å². The largest absolute Gasteiger partial charge is 0.382 e. The van der Waals surface area contributed by atoms with Crippen LogP contribution in [0.4, 0.5) is 5.69 Å².